The highest BCUT2D eigenvalue weighted by Crippen LogP contribution is 2.43. The predicted octanol–water partition coefficient (Wildman–Crippen LogP) is 6.61. The normalized spacial score (nSPS) is 10.9. The standard InChI is InChI=1S/C24H17BrN2O4/c1-28-17-7-3-15(4-8-17)22-20(13-26)24(27-14-19-11-12-21(25)30-19)31-23(22)16-5-9-18(29-2)10-6-16/h3-12,14H,1-2H3. The first-order chi connectivity index (χ1) is 15.1. The summed E-state index contributed by atoms with van der Waals surface area (Å²) in [7, 11) is 3.22. The van der Waals surface area contributed by atoms with Crippen LogP contribution < -0.4 is 9.47 Å². The number of aliphatic imine (C=N–C) groups is 1. The maximum Gasteiger partial charge on any atom is 0.238 e. The van der Waals surface area contributed by atoms with Gasteiger partial charge in [-0.2, -0.15) is 5.26 Å². The molecule has 0 saturated heterocycles. The lowest BCUT2D eigenvalue weighted by Crippen LogP contribution is -1.86. The Kier molecular flexibility index (Phi) is 5.92. The second kappa shape index (κ2) is 8.94. The maximum absolute atomic E-state index is 9.95. The Balaban J connectivity index is 1.87. The molecule has 0 aliphatic carbocycles. The van der Waals surface area contributed by atoms with Gasteiger partial charge in [-0.15, -0.1) is 0 Å². The molecule has 0 atom stereocenters. The van der Waals surface area contributed by atoms with Crippen LogP contribution in [0.3, 0.4) is 0 Å². The minimum atomic E-state index is 0.201. The molecular formula is C24H17BrN2O4. The van der Waals surface area contributed by atoms with Crippen molar-refractivity contribution in [3.8, 4) is 40.0 Å². The van der Waals surface area contributed by atoms with E-state index in [-0.39, 0.29) is 5.88 Å². The van der Waals surface area contributed by atoms with Crippen molar-refractivity contribution in [3.63, 3.8) is 0 Å². The molecule has 0 unspecified atom stereocenters. The van der Waals surface area contributed by atoms with E-state index in [1.807, 2.05) is 48.5 Å². The molecule has 0 bridgehead atoms. The first kappa shape index (κ1) is 20.5. The van der Waals surface area contributed by atoms with Crippen LogP contribution in [0.2, 0.25) is 0 Å². The van der Waals surface area contributed by atoms with Crippen molar-refractivity contribution in [1.29, 1.82) is 5.26 Å². The van der Waals surface area contributed by atoms with Crippen LogP contribution in [-0.4, -0.2) is 20.4 Å². The molecule has 7 heteroatoms. The summed E-state index contributed by atoms with van der Waals surface area (Å²) in [6.45, 7) is 0. The molecule has 0 radical (unpaired) electrons. The highest BCUT2D eigenvalue weighted by Gasteiger charge is 2.23. The minimum absolute atomic E-state index is 0.201. The number of halogens is 1. The number of rotatable bonds is 6. The zero-order chi connectivity index (χ0) is 21.8. The third-order valence-electron chi connectivity index (χ3n) is 4.64. The number of hydrogen-bond acceptors (Lipinski definition) is 6. The van der Waals surface area contributed by atoms with Crippen molar-refractivity contribution in [1.82, 2.24) is 0 Å². The van der Waals surface area contributed by atoms with Gasteiger partial charge in [-0.3, -0.25) is 0 Å². The zero-order valence-electron chi connectivity index (χ0n) is 16.8. The van der Waals surface area contributed by atoms with E-state index in [1.165, 1.54) is 6.21 Å². The average molecular weight is 477 g/mol. The van der Waals surface area contributed by atoms with Crippen molar-refractivity contribution >= 4 is 28.0 Å². The van der Waals surface area contributed by atoms with Crippen LogP contribution in [0.15, 0.2) is 79.2 Å². The highest BCUT2D eigenvalue weighted by molar-refractivity contribution is 9.10. The Labute approximate surface area is 187 Å². The summed E-state index contributed by atoms with van der Waals surface area (Å²) in [5.41, 5.74) is 2.60. The predicted molar refractivity (Wildman–Crippen MR) is 121 cm³/mol. The molecule has 0 N–H and O–H groups in total. The lowest BCUT2D eigenvalue weighted by atomic mass is 9.98. The van der Waals surface area contributed by atoms with Crippen molar-refractivity contribution < 1.29 is 18.3 Å². The molecule has 0 spiro atoms. The maximum atomic E-state index is 9.95. The van der Waals surface area contributed by atoms with Gasteiger partial charge in [0.15, 0.2) is 4.67 Å². The van der Waals surface area contributed by atoms with Gasteiger partial charge in [-0.05, 0) is 70.0 Å². The summed E-state index contributed by atoms with van der Waals surface area (Å²) in [6.07, 6.45) is 1.51. The molecule has 0 amide bonds. The Morgan fingerprint density at radius 2 is 1.48 bits per heavy atom. The molecule has 2 heterocycles. The fourth-order valence-corrected chi connectivity index (χ4v) is 3.43. The lowest BCUT2D eigenvalue weighted by molar-refractivity contribution is 0.414. The Morgan fingerprint density at radius 1 is 0.871 bits per heavy atom. The molecule has 0 fully saturated rings. The summed E-state index contributed by atoms with van der Waals surface area (Å²) in [5.74, 6) is 2.72. The minimum Gasteiger partial charge on any atom is -0.497 e. The van der Waals surface area contributed by atoms with Crippen LogP contribution in [0.5, 0.6) is 11.5 Å². The number of methoxy groups -OCH3 is 2. The molecule has 154 valence electrons. The Bertz CT molecular complexity index is 1260. The second-order valence-corrected chi connectivity index (χ2v) is 7.24. The number of benzene rings is 2. The molecular weight excluding hydrogens is 460 g/mol. The molecule has 2 aromatic heterocycles. The van der Waals surface area contributed by atoms with Gasteiger partial charge in [0.1, 0.15) is 34.7 Å². The lowest BCUT2D eigenvalue weighted by Gasteiger charge is -2.06. The monoisotopic (exact) mass is 476 g/mol. The molecule has 0 aliphatic heterocycles. The van der Waals surface area contributed by atoms with E-state index < -0.39 is 0 Å². The smallest absolute Gasteiger partial charge is 0.238 e. The number of furan rings is 2. The highest BCUT2D eigenvalue weighted by atomic mass is 79.9. The van der Waals surface area contributed by atoms with Crippen molar-refractivity contribution in [2.45, 2.75) is 0 Å². The quantitative estimate of drug-likeness (QED) is 0.292. The zero-order valence-corrected chi connectivity index (χ0v) is 18.3. The third-order valence-corrected chi connectivity index (χ3v) is 5.06. The average Bonchev–Trinajstić information content (AvgIpc) is 3.40. The first-order valence-corrected chi connectivity index (χ1v) is 10.1. The summed E-state index contributed by atoms with van der Waals surface area (Å²) in [5, 5.41) is 9.95. The fourth-order valence-electron chi connectivity index (χ4n) is 3.11. The van der Waals surface area contributed by atoms with E-state index in [0.717, 1.165) is 22.6 Å². The molecule has 2 aromatic carbocycles. The molecule has 31 heavy (non-hydrogen) atoms. The summed E-state index contributed by atoms with van der Waals surface area (Å²) in [6, 6.07) is 20.6. The van der Waals surface area contributed by atoms with Crippen LogP contribution in [0, 0.1) is 11.3 Å². The van der Waals surface area contributed by atoms with Gasteiger partial charge >= 0.3 is 0 Å². The van der Waals surface area contributed by atoms with Crippen LogP contribution in [0.4, 0.5) is 5.88 Å². The van der Waals surface area contributed by atoms with Gasteiger partial charge in [-0.1, -0.05) is 12.1 Å². The van der Waals surface area contributed by atoms with E-state index >= 15 is 0 Å². The first-order valence-electron chi connectivity index (χ1n) is 9.28. The fraction of sp³-hybridized carbons (Fsp3) is 0.0833. The summed E-state index contributed by atoms with van der Waals surface area (Å²) < 4.78 is 22.6. The number of hydrogen-bond donors (Lipinski definition) is 0. The van der Waals surface area contributed by atoms with Gasteiger partial charge in [-0.25, -0.2) is 4.99 Å². The van der Waals surface area contributed by atoms with E-state index in [4.69, 9.17) is 18.3 Å². The summed E-state index contributed by atoms with van der Waals surface area (Å²) in [4.78, 5) is 4.38. The van der Waals surface area contributed by atoms with Crippen molar-refractivity contribution in [2.24, 2.45) is 4.99 Å². The Morgan fingerprint density at radius 3 is 2.00 bits per heavy atom. The molecule has 6 nitrogen and oxygen atoms in total. The van der Waals surface area contributed by atoms with Crippen LogP contribution >= 0.6 is 15.9 Å². The van der Waals surface area contributed by atoms with E-state index in [9.17, 15) is 5.26 Å². The molecule has 0 aliphatic rings. The van der Waals surface area contributed by atoms with Gasteiger partial charge in [0.2, 0.25) is 5.88 Å². The van der Waals surface area contributed by atoms with E-state index in [1.54, 1.807) is 26.4 Å². The van der Waals surface area contributed by atoms with E-state index in [2.05, 4.69) is 27.0 Å². The molecule has 4 rings (SSSR count). The van der Waals surface area contributed by atoms with Crippen molar-refractivity contribution in [3.05, 3.63) is 76.7 Å². The van der Waals surface area contributed by atoms with Crippen LogP contribution in [0.25, 0.3) is 22.5 Å². The summed E-state index contributed by atoms with van der Waals surface area (Å²) >= 11 is 3.26. The topological polar surface area (TPSA) is 80.9 Å². The Hall–Kier alpha value is -3.76. The number of nitriles is 1. The van der Waals surface area contributed by atoms with Crippen LogP contribution in [0.1, 0.15) is 11.3 Å². The number of ether oxygens (including phenoxy) is 2. The van der Waals surface area contributed by atoms with Crippen molar-refractivity contribution in [2.75, 3.05) is 14.2 Å². The molecule has 4 aromatic rings. The largest absolute Gasteiger partial charge is 0.497 e. The van der Waals surface area contributed by atoms with Gasteiger partial charge in [0.25, 0.3) is 0 Å². The SMILES string of the molecule is COc1ccc(-c2oc(N=Cc3ccc(Br)o3)c(C#N)c2-c2ccc(OC)cc2)cc1. The van der Waals surface area contributed by atoms with Gasteiger partial charge < -0.3 is 18.3 Å². The molecule has 0 saturated carbocycles. The second-order valence-electron chi connectivity index (χ2n) is 6.46. The van der Waals surface area contributed by atoms with Gasteiger partial charge in [0, 0.05) is 11.1 Å². The van der Waals surface area contributed by atoms with Crippen LogP contribution in [-0.2, 0) is 0 Å². The van der Waals surface area contributed by atoms with Gasteiger partial charge in [0.05, 0.1) is 20.4 Å². The van der Waals surface area contributed by atoms with E-state index in [0.29, 0.717) is 27.3 Å². The number of nitrogens with zero attached hydrogens (tertiary/aromatic N) is 2. The third kappa shape index (κ3) is 4.25.